The van der Waals surface area contributed by atoms with Crippen LogP contribution in [0.5, 0.6) is 0 Å². The van der Waals surface area contributed by atoms with Crippen LogP contribution in [0, 0.1) is 19.8 Å². The average molecular weight is 560 g/mol. The zero-order valence-corrected chi connectivity index (χ0v) is 22.6. The van der Waals surface area contributed by atoms with E-state index in [1.165, 1.54) is 23.9 Å². The number of fused-ring (bicyclic) bond motifs is 1. The number of ketones is 1. The van der Waals surface area contributed by atoms with Crippen molar-refractivity contribution in [2.45, 2.75) is 51.4 Å². The third-order valence-corrected chi connectivity index (χ3v) is 8.60. The van der Waals surface area contributed by atoms with Crippen molar-refractivity contribution in [3.8, 4) is 0 Å². The second-order valence-corrected chi connectivity index (χ2v) is 12.2. The molecule has 4 atom stereocenters. The first kappa shape index (κ1) is 26.8. The van der Waals surface area contributed by atoms with Crippen LogP contribution in [0.25, 0.3) is 0 Å². The van der Waals surface area contributed by atoms with Gasteiger partial charge < -0.3 is 15.2 Å². The summed E-state index contributed by atoms with van der Waals surface area (Å²) in [5.41, 5.74) is 4.16. The van der Waals surface area contributed by atoms with Gasteiger partial charge in [0.1, 0.15) is 18.2 Å². The number of aliphatic hydroxyl groups excluding tert-OH is 1. The molecule has 2 aliphatic rings. The molecule has 3 aromatic rings. The molecule has 202 valence electrons. The molecule has 0 unspecified atom stereocenters. The van der Waals surface area contributed by atoms with E-state index in [1.807, 2.05) is 30.7 Å². The van der Waals surface area contributed by atoms with Crippen LogP contribution in [0.2, 0.25) is 0 Å². The molecule has 11 nitrogen and oxygen atoms in total. The summed E-state index contributed by atoms with van der Waals surface area (Å²) in [7, 11) is -4.35. The minimum Gasteiger partial charge on any atom is -0.393 e. The third kappa shape index (κ3) is 5.77. The van der Waals surface area contributed by atoms with Crippen molar-refractivity contribution in [3.63, 3.8) is 0 Å². The van der Waals surface area contributed by atoms with Gasteiger partial charge in [-0.2, -0.15) is 13.1 Å². The molecule has 1 fully saturated rings. The number of carbonyl (C=O) groups is 1. The SMILES string of the molecule is Cc1ccc2c(n1)[C@H](c1cc(C(=O)c3cncnc3N[C@@H]3C[C@H](CNS(=O)(=O)O)[C@@H](O)C3)sc1C)OCC2. The number of hydrogen-bond donors (Lipinski definition) is 4. The second kappa shape index (κ2) is 10.8. The zero-order chi connectivity index (χ0) is 27.0. The Morgan fingerprint density at radius 1 is 1.26 bits per heavy atom. The van der Waals surface area contributed by atoms with Gasteiger partial charge in [0.15, 0.2) is 0 Å². The number of nitrogens with one attached hydrogen (secondary N) is 2. The Bertz CT molecular complexity index is 1460. The number of nitrogens with zero attached hydrogens (tertiary/aromatic N) is 3. The Kier molecular flexibility index (Phi) is 7.58. The topological polar surface area (TPSA) is 164 Å². The molecule has 0 radical (unpaired) electrons. The lowest BCUT2D eigenvalue weighted by molar-refractivity contribution is 0.0662. The summed E-state index contributed by atoms with van der Waals surface area (Å²) in [6.07, 6.45) is 3.25. The Balaban J connectivity index is 1.35. The number of anilines is 1. The maximum Gasteiger partial charge on any atom is 0.333 e. The third-order valence-electron chi connectivity index (χ3n) is 7.00. The molecule has 4 N–H and O–H groups in total. The quantitative estimate of drug-likeness (QED) is 0.238. The minimum absolute atomic E-state index is 0.0915. The first-order chi connectivity index (χ1) is 18.1. The van der Waals surface area contributed by atoms with E-state index in [4.69, 9.17) is 14.3 Å². The van der Waals surface area contributed by atoms with Crippen molar-refractivity contribution in [2.75, 3.05) is 18.5 Å². The molecule has 0 spiro atoms. The fraction of sp³-hybridized carbons (Fsp3) is 0.440. The van der Waals surface area contributed by atoms with Crippen molar-refractivity contribution in [2.24, 2.45) is 5.92 Å². The van der Waals surface area contributed by atoms with Crippen molar-refractivity contribution in [3.05, 3.63) is 68.6 Å². The van der Waals surface area contributed by atoms with E-state index < -0.39 is 22.3 Å². The van der Waals surface area contributed by atoms with Crippen LogP contribution in [0.1, 0.15) is 61.6 Å². The molecule has 0 saturated heterocycles. The first-order valence-corrected chi connectivity index (χ1v) is 14.5. The molecular formula is C25H29N5O6S2. The molecule has 38 heavy (non-hydrogen) atoms. The number of aryl methyl sites for hydroxylation is 2. The van der Waals surface area contributed by atoms with Crippen LogP contribution in [-0.4, -0.2) is 64.1 Å². The Morgan fingerprint density at radius 3 is 2.87 bits per heavy atom. The molecule has 1 saturated carbocycles. The molecule has 4 heterocycles. The molecule has 1 aliphatic carbocycles. The Labute approximate surface area is 224 Å². The average Bonchev–Trinajstić information content (AvgIpc) is 3.43. The van der Waals surface area contributed by atoms with Crippen LogP contribution in [0.15, 0.2) is 30.7 Å². The van der Waals surface area contributed by atoms with E-state index in [9.17, 15) is 18.3 Å². The summed E-state index contributed by atoms with van der Waals surface area (Å²) < 4.78 is 39.1. The number of aromatic nitrogens is 3. The molecule has 1 aliphatic heterocycles. The Morgan fingerprint density at radius 2 is 2.08 bits per heavy atom. The van der Waals surface area contributed by atoms with Gasteiger partial charge in [0, 0.05) is 40.8 Å². The van der Waals surface area contributed by atoms with E-state index in [0.29, 0.717) is 35.7 Å². The lowest BCUT2D eigenvalue weighted by Crippen LogP contribution is -2.32. The zero-order valence-electron chi connectivity index (χ0n) is 20.9. The summed E-state index contributed by atoms with van der Waals surface area (Å²) in [4.78, 5) is 28.2. The summed E-state index contributed by atoms with van der Waals surface area (Å²) in [6.45, 7) is 4.40. The smallest absolute Gasteiger partial charge is 0.333 e. The predicted octanol–water partition coefficient (Wildman–Crippen LogP) is 2.39. The molecule has 0 bridgehead atoms. The number of aliphatic hydroxyl groups is 1. The maximum atomic E-state index is 13.6. The highest BCUT2D eigenvalue weighted by atomic mass is 32.2. The molecule has 0 aromatic carbocycles. The van der Waals surface area contributed by atoms with Gasteiger partial charge >= 0.3 is 10.3 Å². The summed E-state index contributed by atoms with van der Waals surface area (Å²) in [5.74, 6) is -0.285. The highest BCUT2D eigenvalue weighted by molar-refractivity contribution is 7.83. The lowest BCUT2D eigenvalue weighted by atomic mass is 9.97. The summed E-state index contributed by atoms with van der Waals surface area (Å²) in [5, 5.41) is 13.6. The van der Waals surface area contributed by atoms with Gasteiger partial charge in [-0.15, -0.1) is 11.3 Å². The molecule has 0 amide bonds. The van der Waals surface area contributed by atoms with Crippen molar-refractivity contribution >= 4 is 33.2 Å². The van der Waals surface area contributed by atoms with Crippen LogP contribution in [0.4, 0.5) is 5.82 Å². The fourth-order valence-electron chi connectivity index (χ4n) is 5.10. The molecular weight excluding hydrogens is 530 g/mol. The standard InChI is InChI=1S/C25H29N5O6S2/c1-13-3-4-15-5-6-36-24(22(15)29-13)18-9-21(37-14(18)2)23(32)19-11-26-12-27-25(19)30-17-7-16(20(31)8-17)10-28-38(33,34)35/h3-4,9,11-12,16-17,20,24,28,31H,5-8,10H2,1-2H3,(H,26,27,30)(H,33,34,35)/t16-,17-,20+,24+/m1/s1. The number of hydrogen-bond acceptors (Lipinski definition) is 10. The number of thiophene rings is 1. The largest absolute Gasteiger partial charge is 0.393 e. The number of carbonyl (C=O) groups excluding carboxylic acids is 1. The second-order valence-electron chi connectivity index (χ2n) is 9.70. The van der Waals surface area contributed by atoms with Gasteiger partial charge in [0.25, 0.3) is 0 Å². The van der Waals surface area contributed by atoms with E-state index in [0.717, 1.165) is 33.8 Å². The normalized spacial score (nSPS) is 23.3. The summed E-state index contributed by atoms with van der Waals surface area (Å²) >= 11 is 1.38. The van der Waals surface area contributed by atoms with Crippen LogP contribution >= 0.6 is 11.3 Å². The highest BCUT2D eigenvalue weighted by Gasteiger charge is 2.35. The van der Waals surface area contributed by atoms with E-state index in [2.05, 4.69) is 21.4 Å². The van der Waals surface area contributed by atoms with Gasteiger partial charge in [0.05, 0.1) is 28.8 Å². The van der Waals surface area contributed by atoms with E-state index in [1.54, 1.807) is 0 Å². The van der Waals surface area contributed by atoms with Gasteiger partial charge in [-0.05, 0) is 50.8 Å². The van der Waals surface area contributed by atoms with Crippen molar-refractivity contribution < 1.29 is 27.6 Å². The van der Waals surface area contributed by atoms with Gasteiger partial charge in [-0.3, -0.25) is 14.3 Å². The van der Waals surface area contributed by atoms with Crippen LogP contribution in [0.3, 0.4) is 0 Å². The molecule has 13 heteroatoms. The number of ether oxygens (including phenoxy) is 1. The van der Waals surface area contributed by atoms with Crippen LogP contribution < -0.4 is 10.0 Å². The predicted molar refractivity (Wildman–Crippen MR) is 141 cm³/mol. The van der Waals surface area contributed by atoms with Gasteiger partial charge in [-0.25, -0.2) is 9.97 Å². The van der Waals surface area contributed by atoms with Crippen molar-refractivity contribution in [1.82, 2.24) is 19.7 Å². The summed E-state index contributed by atoms with van der Waals surface area (Å²) in [6, 6.07) is 5.70. The fourth-order valence-corrected chi connectivity index (χ4v) is 6.53. The van der Waals surface area contributed by atoms with E-state index in [-0.39, 0.29) is 24.5 Å². The van der Waals surface area contributed by atoms with E-state index >= 15 is 0 Å². The Hall–Kier alpha value is -2.81. The van der Waals surface area contributed by atoms with Crippen LogP contribution in [-0.2, 0) is 21.5 Å². The van der Waals surface area contributed by atoms with Gasteiger partial charge in [0.2, 0.25) is 5.78 Å². The highest BCUT2D eigenvalue weighted by Crippen LogP contribution is 2.38. The lowest BCUT2D eigenvalue weighted by Gasteiger charge is -2.25. The number of pyridine rings is 1. The number of rotatable bonds is 8. The minimum atomic E-state index is -4.35. The van der Waals surface area contributed by atoms with Gasteiger partial charge in [-0.1, -0.05) is 6.07 Å². The molecule has 5 rings (SSSR count). The maximum absolute atomic E-state index is 13.6. The van der Waals surface area contributed by atoms with Crippen molar-refractivity contribution in [1.29, 1.82) is 0 Å². The first-order valence-electron chi connectivity index (χ1n) is 12.3. The molecule has 3 aromatic heterocycles. The monoisotopic (exact) mass is 559 g/mol.